The number of likely N-dealkylation sites (tertiary alicyclic amines) is 3. The molecule has 790 valence electrons. The number of hydrogen-bond acceptors (Lipinski definition) is 31. The van der Waals surface area contributed by atoms with E-state index in [4.69, 9.17) is 96.3 Å². The number of fused-ring (bicyclic) bond motifs is 4. The number of benzene rings is 6. The van der Waals surface area contributed by atoms with Crippen molar-refractivity contribution in [2.75, 3.05) is 145 Å². The van der Waals surface area contributed by atoms with Crippen molar-refractivity contribution in [2.45, 2.75) is 228 Å². The molecule has 5 fully saturated rings. The Bertz CT molecular complexity index is 5980. The number of aromatic nitrogens is 8. The summed E-state index contributed by atoms with van der Waals surface area (Å²) in [6, 6.07) is 17.9. The van der Waals surface area contributed by atoms with Crippen molar-refractivity contribution < 1.29 is 107 Å². The van der Waals surface area contributed by atoms with Crippen molar-refractivity contribution in [2.24, 2.45) is 0 Å². The van der Waals surface area contributed by atoms with Gasteiger partial charge in [0.05, 0.1) is 74.5 Å². The quantitative estimate of drug-likeness (QED) is 0.0177. The molecule has 15 rings (SSSR count). The molecule has 43 heteroatoms. The van der Waals surface area contributed by atoms with Crippen molar-refractivity contribution >= 4 is 110 Å². The summed E-state index contributed by atoms with van der Waals surface area (Å²) in [4.78, 5) is 87.3. The molecule has 10 aromatic rings. The van der Waals surface area contributed by atoms with E-state index >= 15 is 4.39 Å². The number of halogens is 7. The van der Waals surface area contributed by atoms with Gasteiger partial charge in [-0.05, 0) is 224 Å². The third-order valence-electron chi connectivity index (χ3n) is 24.7. The van der Waals surface area contributed by atoms with Crippen molar-refractivity contribution in [3.05, 3.63) is 142 Å². The van der Waals surface area contributed by atoms with Crippen LogP contribution in [-0.4, -0.2) is 236 Å². The first-order valence-corrected chi connectivity index (χ1v) is 46.8. The average molecular weight is 2040 g/mol. The van der Waals surface area contributed by atoms with Crippen LogP contribution in [0.5, 0.6) is 46.0 Å². The van der Waals surface area contributed by atoms with E-state index in [0.29, 0.717) is 123 Å². The fourth-order valence-electron chi connectivity index (χ4n) is 16.6. The monoisotopic (exact) mass is 2040 g/mol. The average Bonchev–Trinajstić information content (AvgIpc) is 1.11. The summed E-state index contributed by atoms with van der Waals surface area (Å²) in [5.74, 6) is -0.510. The molecular weight excluding hydrogens is 1900 g/mol. The van der Waals surface area contributed by atoms with Gasteiger partial charge in [-0.25, -0.2) is 75.8 Å². The van der Waals surface area contributed by atoms with Crippen LogP contribution >= 0.6 is 11.6 Å². The highest BCUT2D eigenvalue weighted by molar-refractivity contribution is 6.47. The Morgan fingerprint density at radius 1 is 0.451 bits per heavy atom. The van der Waals surface area contributed by atoms with Gasteiger partial charge in [-0.2, -0.15) is 0 Å². The molecule has 4 aromatic heterocycles. The summed E-state index contributed by atoms with van der Waals surface area (Å²) in [6.45, 7) is 30.0. The van der Waals surface area contributed by atoms with Gasteiger partial charge in [0.25, 0.3) is 0 Å². The number of carbonyl (C=O) groups excluding carboxylic acids is 3. The van der Waals surface area contributed by atoms with Crippen molar-refractivity contribution in [3.63, 3.8) is 0 Å². The number of nitrogens with zero attached hydrogens (tertiary/aromatic N) is 11. The van der Waals surface area contributed by atoms with Crippen molar-refractivity contribution in [1.29, 1.82) is 0 Å². The maximum absolute atomic E-state index is 15.1. The molecule has 6 aromatic carbocycles. The first kappa shape index (κ1) is 118. The van der Waals surface area contributed by atoms with Gasteiger partial charge in [0.2, 0.25) is 11.2 Å². The van der Waals surface area contributed by atoms with Crippen LogP contribution in [-0.2, 0) is 28.4 Å². The first-order valence-electron chi connectivity index (χ1n) is 46.4. The Morgan fingerprint density at radius 3 is 1.04 bits per heavy atom. The molecule has 12 N–H and O–H groups in total. The second kappa shape index (κ2) is 52.3. The third kappa shape index (κ3) is 29.7. The number of rotatable bonds is 22. The number of carboxylic acids is 1. The van der Waals surface area contributed by atoms with E-state index < -0.39 is 40.4 Å². The Labute approximate surface area is 843 Å². The molecule has 144 heavy (non-hydrogen) atoms. The number of ether oxygens (including phenoxy) is 10. The normalized spacial score (nSPS) is 15.8. The second-order valence-electron chi connectivity index (χ2n) is 37.0. The van der Waals surface area contributed by atoms with Gasteiger partial charge in [0.1, 0.15) is 85.6 Å². The van der Waals surface area contributed by atoms with Crippen molar-refractivity contribution in [1.82, 2.24) is 70.5 Å². The number of carbonyl (C=O) groups is 4. The molecule has 0 unspecified atom stereocenters. The predicted molar refractivity (Wildman–Crippen MR) is 546 cm³/mol. The van der Waals surface area contributed by atoms with Gasteiger partial charge in [0.15, 0.2) is 69.3 Å². The topological polar surface area (TPSA) is 452 Å². The molecule has 5 saturated heterocycles. The fraction of sp³-hybridized carbons (Fsp3) is 0.525. The van der Waals surface area contributed by atoms with Crippen LogP contribution in [0, 0.1) is 34.9 Å². The Kier molecular flexibility index (Phi) is 43.0. The number of amides is 3. The zero-order valence-electron chi connectivity index (χ0n) is 83.5. The zero-order chi connectivity index (χ0) is 103. The summed E-state index contributed by atoms with van der Waals surface area (Å²) < 4.78 is 149. The minimum Gasteiger partial charge on any atom is -0.493 e. The molecule has 3 amide bonds. The van der Waals surface area contributed by atoms with Crippen LogP contribution in [0.25, 0.3) is 43.6 Å². The van der Waals surface area contributed by atoms with E-state index in [1.165, 1.54) is 87.2 Å². The number of aliphatic carboxylic acids is 1. The smallest absolute Gasteiger partial charge is 0.461 e. The lowest BCUT2D eigenvalue weighted by Gasteiger charge is -2.34. The van der Waals surface area contributed by atoms with E-state index in [0.717, 1.165) is 49.9 Å². The van der Waals surface area contributed by atoms with Gasteiger partial charge in [-0.15, -0.1) is 0 Å². The van der Waals surface area contributed by atoms with Gasteiger partial charge in [-0.1, -0.05) is 60.4 Å². The maximum atomic E-state index is 15.1. The first-order chi connectivity index (χ1) is 66.8. The number of carboxylic acid groups (broad SMARTS) is 1. The number of nitrogens with two attached hydrogens (primary N) is 4. The Balaban J connectivity index is 0.000000239. The molecule has 5 aliphatic rings. The van der Waals surface area contributed by atoms with Crippen LogP contribution in [0.4, 0.5) is 59.2 Å². The third-order valence-corrected chi connectivity index (χ3v) is 24.9. The predicted octanol–water partition coefficient (Wildman–Crippen LogP) is 18.6. The highest BCUT2D eigenvalue weighted by Crippen LogP contribution is 2.46. The van der Waals surface area contributed by atoms with E-state index in [1.54, 1.807) is 52.3 Å². The summed E-state index contributed by atoms with van der Waals surface area (Å²) in [5.41, 5.74) is 24.4. The summed E-state index contributed by atoms with van der Waals surface area (Å²) in [5, 5.41) is 19.7. The highest BCUT2D eigenvalue weighted by atomic mass is 35.5. The van der Waals surface area contributed by atoms with Crippen LogP contribution in [0.1, 0.15) is 228 Å². The molecule has 0 bridgehead atoms. The van der Waals surface area contributed by atoms with Crippen molar-refractivity contribution in [3.8, 4) is 46.0 Å². The minimum absolute atomic E-state index is 0. The summed E-state index contributed by atoms with van der Waals surface area (Å²) in [6.07, 6.45) is 5.86. The van der Waals surface area contributed by atoms with E-state index in [2.05, 4.69) is 83.5 Å². The van der Waals surface area contributed by atoms with Crippen LogP contribution in [0.3, 0.4) is 0 Å². The number of methoxy groups -OCH3 is 8. The molecule has 0 aliphatic carbocycles. The number of hydrogen-bond donors (Lipinski definition) is 8. The number of anilines is 4. The molecule has 0 radical (unpaired) electrons. The Hall–Kier alpha value is -12.5. The number of piperidine rings is 4. The Morgan fingerprint density at radius 2 is 0.743 bits per heavy atom. The molecule has 35 nitrogen and oxygen atoms in total. The number of nitrogen functional groups attached to an aromatic ring is 4. The second-order valence-corrected chi connectivity index (χ2v) is 37.4. The number of nitrogens with one attached hydrogen (secondary N) is 3. The van der Waals surface area contributed by atoms with Gasteiger partial charge in [0, 0.05) is 97.1 Å². The van der Waals surface area contributed by atoms with Gasteiger partial charge in [-0.3, -0.25) is 9.59 Å². The standard InChI is InChI=1S/C26H31F2N5O3.C20H27FN4O4.C16H30BNO4.C15H19FN4O2.C11H14FNO2.C10H9ClFN3O2.3CH4/c1-4-30-19(15-5-7-17(27)8-6-15)14-21(34)33-11-9-16(10-12-33)26-31-23-18(25(29)32-26)13-20(35-2)24(36-3)22(23)28;1-20(2,3)29-19(26)25-8-6-11(7-9-25)18-23-15-12(17(22)24-18)10-13(27-4)16(28-5)14(15)21;1-14(2,3)20-13(19)18-10-8-12(9-11-18)17-21-15(4,5)16(6,7)22-17;1-21-10-7-9-12(11(16)13(10)22-2)19-15(20-14(9)17)8-3-5-18-6-4-8;1-2-13-10(7-11(14)15)8-3-5-9(12)6-4-8;1-16-5-3-4-7(6(12)8(5)17-2)14-10(11)15-9(4)13;;;/h5-8,13,16,19,30H,4,9-12,14H2,1-3H3,(H2,29,31,32);10-11H,6-9H2,1-5H3,(H2,22,23,24);12H,8-11H2,1-7H3;7-8,18H,3-6H2,1-2H3,(H2,17,19,20);3-6,10,13H,2,7H2,1H3,(H,14,15);3H,1-2H3,(H2,13,14,15);3*1H4/t19-;;;;10-;;;;/m1...1..../s1. The van der Waals surface area contributed by atoms with E-state index in [-0.39, 0.29) is 210 Å². The van der Waals surface area contributed by atoms with E-state index in [9.17, 15) is 41.1 Å². The van der Waals surface area contributed by atoms with Gasteiger partial charge >= 0.3 is 25.3 Å². The lowest BCUT2D eigenvalue weighted by atomic mass is 9.67. The van der Waals surface area contributed by atoms with Crippen LogP contribution < -0.4 is 76.8 Å². The lowest BCUT2D eigenvalue weighted by molar-refractivity contribution is -0.137. The molecule has 9 heterocycles. The SMILES string of the molecule is C.C.C.CC(C)(C)OC(=O)N1CCC(B2OC(C)(C)C(C)(C)O2)CC1.CCN[C@H](CC(=O)N1CCC(c2nc(N)c3cc(OC)c(OC)c(F)c3n2)CC1)c1ccc(F)cc1.CCN[C@H](CC(=O)O)c1ccc(F)cc1.COc1cc2c(N)nc(C3CCN(C(=O)OC(C)(C)C)CC3)nc2c(F)c1OC.COc1cc2c(N)nc(C3CCNCC3)nc2c(F)c1OC.COc1cc2c(N)nc(Cl)nc2c(F)c1OC. The molecule has 2 atom stereocenters. The highest BCUT2D eigenvalue weighted by Gasteiger charge is 2.54. The largest absolute Gasteiger partial charge is 0.493 e. The maximum Gasteiger partial charge on any atom is 0.461 e. The molecular formula is C101H142BClF6N18O17. The molecule has 0 saturated carbocycles. The minimum atomic E-state index is -0.870. The molecule has 0 spiro atoms. The molecule has 5 aliphatic heterocycles. The lowest BCUT2D eigenvalue weighted by Crippen LogP contribution is -2.43. The fourth-order valence-corrected chi connectivity index (χ4v) is 16.8. The van der Waals surface area contributed by atoms with Crippen LogP contribution in [0.15, 0.2) is 72.8 Å². The van der Waals surface area contributed by atoms with Crippen LogP contribution in [0.2, 0.25) is 11.1 Å². The zero-order valence-corrected chi connectivity index (χ0v) is 84.2. The van der Waals surface area contributed by atoms with Gasteiger partial charge < -0.3 is 115 Å². The van der Waals surface area contributed by atoms with E-state index in [1.807, 2.05) is 60.3 Å². The summed E-state index contributed by atoms with van der Waals surface area (Å²) >= 11 is 5.62. The summed E-state index contributed by atoms with van der Waals surface area (Å²) in [7, 11) is 11.0.